The van der Waals surface area contributed by atoms with Crippen molar-refractivity contribution in [2.75, 3.05) is 28.4 Å². The zero-order valence-electron chi connectivity index (χ0n) is 32.9. The highest BCUT2D eigenvalue weighted by Crippen LogP contribution is 2.17. The van der Waals surface area contributed by atoms with E-state index in [1.807, 2.05) is 0 Å². The maximum absolute atomic E-state index is 13.5. The van der Waals surface area contributed by atoms with Gasteiger partial charge in [0.15, 0.2) is 0 Å². The molecule has 0 radical (unpaired) electrons. The Labute approximate surface area is 336 Å². The zero-order valence-corrected chi connectivity index (χ0v) is 32.9. The summed E-state index contributed by atoms with van der Waals surface area (Å²) in [5.41, 5.74) is 2.73. The SMILES string of the molecule is COc1ccc(COC(=O)CC[C@H](NC(=O)N[C@@H](CCC(=O)OCc2ccc(OC)cc2)C(=O)OCc2ccc(OC)cc2)C(=O)OCc2ccc(OC)cc2)cc1. The minimum absolute atomic E-state index is 0.0217. The number of carbonyl (C=O) groups is 5. The Kier molecular flexibility index (Phi) is 17.7. The lowest BCUT2D eigenvalue weighted by Crippen LogP contribution is -2.52. The van der Waals surface area contributed by atoms with E-state index >= 15 is 0 Å². The fourth-order valence-electron chi connectivity index (χ4n) is 5.25. The average molecular weight is 801 g/mol. The smallest absolute Gasteiger partial charge is 0.329 e. The van der Waals surface area contributed by atoms with Crippen molar-refractivity contribution in [1.29, 1.82) is 0 Å². The number of rotatable bonds is 22. The lowest BCUT2D eigenvalue weighted by molar-refractivity contribution is -0.150. The number of hydrogen-bond acceptors (Lipinski definition) is 13. The molecule has 2 atom stereocenters. The molecular formula is C43H48N2O13. The number of amides is 2. The Morgan fingerprint density at radius 3 is 0.931 bits per heavy atom. The van der Waals surface area contributed by atoms with E-state index < -0.39 is 42.0 Å². The Hall–Kier alpha value is -6.77. The molecule has 308 valence electrons. The van der Waals surface area contributed by atoms with Gasteiger partial charge in [0.2, 0.25) is 0 Å². The molecule has 2 N–H and O–H groups in total. The molecule has 0 bridgehead atoms. The minimum Gasteiger partial charge on any atom is -0.497 e. The standard InChI is InChI=1S/C43H48N2O13/c1-51-33-13-5-29(6-14-33)25-55-39(46)23-21-37(41(48)57-27-31-9-17-35(53-3)18-10-31)44-43(50)45-38(42(49)58-28-32-11-19-36(54-4)20-12-32)22-24-40(47)56-26-30-7-15-34(52-2)16-8-30/h5-20,37-38H,21-28H2,1-4H3,(H2,44,45,50)/t37-,38-/m0/s1. The Balaban J connectivity index is 1.41. The fourth-order valence-corrected chi connectivity index (χ4v) is 5.25. The van der Waals surface area contributed by atoms with Crippen LogP contribution in [0.2, 0.25) is 0 Å². The van der Waals surface area contributed by atoms with Gasteiger partial charge < -0.3 is 48.5 Å². The monoisotopic (exact) mass is 800 g/mol. The first kappa shape index (κ1) is 44.0. The van der Waals surface area contributed by atoms with Gasteiger partial charge in [-0.25, -0.2) is 14.4 Å². The van der Waals surface area contributed by atoms with E-state index in [1.165, 1.54) is 14.2 Å². The highest BCUT2D eigenvalue weighted by atomic mass is 16.5. The van der Waals surface area contributed by atoms with E-state index in [0.29, 0.717) is 34.1 Å². The molecule has 0 saturated carbocycles. The van der Waals surface area contributed by atoms with Crippen molar-refractivity contribution in [3.8, 4) is 23.0 Å². The number of hydrogen-bond donors (Lipinski definition) is 2. The van der Waals surface area contributed by atoms with Crippen LogP contribution >= 0.6 is 0 Å². The Morgan fingerprint density at radius 2 is 0.672 bits per heavy atom. The molecule has 0 spiro atoms. The first-order chi connectivity index (χ1) is 28.1. The van der Waals surface area contributed by atoms with Gasteiger partial charge in [-0.3, -0.25) is 9.59 Å². The number of ether oxygens (including phenoxy) is 8. The van der Waals surface area contributed by atoms with Gasteiger partial charge in [-0.2, -0.15) is 0 Å². The summed E-state index contributed by atoms with van der Waals surface area (Å²) in [6, 6.07) is 23.9. The Morgan fingerprint density at radius 1 is 0.414 bits per heavy atom. The zero-order chi connectivity index (χ0) is 41.7. The summed E-state index contributed by atoms with van der Waals surface area (Å²) in [7, 11) is 6.14. The van der Waals surface area contributed by atoms with Crippen LogP contribution in [0.3, 0.4) is 0 Å². The van der Waals surface area contributed by atoms with E-state index in [4.69, 9.17) is 37.9 Å². The molecule has 4 rings (SSSR count). The number of methoxy groups -OCH3 is 4. The summed E-state index contributed by atoms with van der Waals surface area (Å²) < 4.78 is 42.4. The number of carbonyl (C=O) groups excluding carboxylic acids is 5. The second-order valence-electron chi connectivity index (χ2n) is 12.7. The van der Waals surface area contributed by atoms with E-state index in [0.717, 1.165) is 11.1 Å². The summed E-state index contributed by atoms with van der Waals surface area (Å²) in [6.45, 7) is -0.314. The van der Waals surface area contributed by atoms with E-state index in [9.17, 15) is 24.0 Å². The van der Waals surface area contributed by atoms with Crippen LogP contribution in [-0.2, 0) is 64.6 Å². The van der Waals surface area contributed by atoms with E-state index in [2.05, 4.69) is 10.6 Å². The molecule has 2 amide bonds. The molecule has 0 saturated heterocycles. The minimum atomic E-state index is -1.34. The number of nitrogens with one attached hydrogen (secondary N) is 2. The normalized spacial score (nSPS) is 11.5. The predicted molar refractivity (Wildman–Crippen MR) is 209 cm³/mol. The molecule has 58 heavy (non-hydrogen) atoms. The van der Waals surface area contributed by atoms with E-state index in [1.54, 1.807) is 111 Å². The molecule has 0 aliphatic heterocycles. The Bertz CT molecular complexity index is 1780. The largest absolute Gasteiger partial charge is 0.497 e. The quantitative estimate of drug-likeness (QED) is 0.0742. The number of urea groups is 1. The average Bonchev–Trinajstić information content (AvgIpc) is 3.26. The highest BCUT2D eigenvalue weighted by molar-refractivity contribution is 5.87. The van der Waals surface area contributed by atoms with Crippen molar-refractivity contribution in [1.82, 2.24) is 10.6 Å². The first-order valence-electron chi connectivity index (χ1n) is 18.3. The van der Waals surface area contributed by atoms with Gasteiger partial charge in [-0.1, -0.05) is 48.5 Å². The van der Waals surface area contributed by atoms with Crippen LogP contribution in [0.4, 0.5) is 4.79 Å². The van der Waals surface area contributed by atoms with Crippen LogP contribution in [0.1, 0.15) is 47.9 Å². The van der Waals surface area contributed by atoms with E-state index in [-0.39, 0.29) is 52.1 Å². The van der Waals surface area contributed by atoms with Gasteiger partial charge in [-0.15, -0.1) is 0 Å². The van der Waals surface area contributed by atoms with Gasteiger partial charge in [0, 0.05) is 12.8 Å². The molecule has 0 fully saturated rings. The van der Waals surface area contributed by atoms with Crippen molar-refractivity contribution in [3.05, 3.63) is 119 Å². The number of esters is 4. The summed E-state index contributed by atoms with van der Waals surface area (Å²) >= 11 is 0. The second-order valence-corrected chi connectivity index (χ2v) is 12.7. The van der Waals surface area contributed by atoms with Gasteiger partial charge in [0.05, 0.1) is 28.4 Å². The maximum atomic E-state index is 13.5. The fraction of sp³-hybridized carbons (Fsp3) is 0.326. The van der Waals surface area contributed by atoms with Crippen LogP contribution in [0.5, 0.6) is 23.0 Å². The summed E-state index contributed by atoms with van der Waals surface area (Å²) in [5, 5.41) is 5.03. The second kappa shape index (κ2) is 23.3. The molecule has 0 aromatic heterocycles. The molecular weight excluding hydrogens is 752 g/mol. The van der Waals surface area contributed by atoms with Crippen LogP contribution in [0.25, 0.3) is 0 Å². The molecule has 15 nitrogen and oxygen atoms in total. The topological polar surface area (TPSA) is 183 Å². The van der Waals surface area contributed by atoms with Crippen LogP contribution < -0.4 is 29.6 Å². The van der Waals surface area contributed by atoms with Gasteiger partial charge in [0.1, 0.15) is 61.5 Å². The summed E-state index contributed by atoms with van der Waals surface area (Å²) in [4.78, 5) is 65.7. The van der Waals surface area contributed by atoms with Gasteiger partial charge in [0.25, 0.3) is 0 Å². The lowest BCUT2D eigenvalue weighted by atomic mass is 10.1. The number of benzene rings is 4. The predicted octanol–water partition coefficient (Wildman–Crippen LogP) is 5.59. The van der Waals surface area contributed by atoms with Crippen LogP contribution in [0, 0.1) is 0 Å². The third kappa shape index (κ3) is 15.0. The van der Waals surface area contributed by atoms with Crippen LogP contribution in [0.15, 0.2) is 97.1 Å². The first-order valence-corrected chi connectivity index (χ1v) is 18.3. The van der Waals surface area contributed by atoms with Gasteiger partial charge in [-0.05, 0) is 83.6 Å². The molecule has 15 heteroatoms. The third-order valence-corrected chi connectivity index (χ3v) is 8.65. The molecule has 0 aliphatic carbocycles. The molecule has 4 aromatic rings. The van der Waals surface area contributed by atoms with Crippen molar-refractivity contribution in [2.24, 2.45) is 0 Å². The third-order valence-electron chi connectivity index (χ3n) is 8.65. The highest BCUT2D eigenvalue weighted by Gasteiger charge is 2.28. The van der Waals surface area contributed by atoms with Crippen molar-refractivity contribution < 1.29 is 61.9 Å². The lowest BCUT2D eigenvalue weighted by Gasteiger charge is -2.21. The molecule has 0 unspecified atom stereocenters. The van der Waals surface area contributed by atoms with Gasteiger partial charge >= 0.3 is 29.9 Å². The summed E-state index contributed by atoms with van der Waals surface area (Å²) in [5.74, 6) is -0.410. The van der Waals surface area contributed by atoms with Crippen molar-refractivity contribution in [2.45, 2.75) is 64.2 Å². The summed E-state index contributed by atoms with van der Waals surface area (Å²) in [6.07, 6.45) is -0.903. The van der Waals surface area contributed by atoms with Crippen LogP contribution in [-0.4, -0.2) is 70.4 Å². The van der Waals surface area contributed by atoms with Crippen molar-refractivity contribution in [3.63, 3.8) is 0 Å². The maximum Gasteiger partial charge on any atom is 0.329 e. The molecule has 4 aromatic carbocycles. The molecule has 0 aliphatic rings. The molecule has 0 heterocycles. The van der Waals surface area contributed by atoms with Crippen molar-refractivity contribution >= 4 is 29.9 Å².